The molecule has 0 radical (unpaired) electrons. The number of hydrogen-bond acceptors (Lipinski definition) is 3. The molecule has 0 unspecified atom stereocenters. The summed E-state index contributed by atoms with van der Waals surface area (Å²) in [5, 5.41) is 2.88. The van der Waals surface area contributed by atoms with Crippen molar-refractivity contribution in [2.45, 2.75) is 32.9 Å². The Morgan fingerprint density at radius 2 is 1.79 bits per heavy atom. The van der Waals surface area contributed by atoms with Gasteiger partial charge < -0.3 is 15.1 Å². The van der Waals surface area contributed by atoms with Crippen LogP contribution in [0.25, 0.3) is 5.57 Å². The molecular formula is C26H31F2N3O2. The Hall–Kier alpha value is -3.06. The molecule has 1 heterocycles. The molecule has 0 bridgehead atoms. The van der Waals surface area contributed by atoms with Crippen LogP contribution in [-0.2, 0) is 9.59 Å². The van der Waals surface area contributed by atoms with Crippen molar-refractivity contribution >= 4 is 17.4 Å². The molecule has 1 N–H and O–H groups in total. The smallest absolute Gasteiger partial charge is 0.246 e. The summed E-state index contributed by atoms with van der Waals surface area (Å²) in [6.07, 6.45) is 1.80. The highest BCUT2D eigenvalue weighted by Crippen LogP contribution is 2.37. The number of nitrogens with zero attached hydrogens (tertiary/aromatic N) is 2. The van der Waals surface area contributed by atoms with Crippen molar-refractivity contribution in [3.8, 4) is 0 Å². The van der Waals surface area contributed by atoms with Crippen molar-refractivity contribution in [1.29, 1.82) is 0 Å². The van der Waals surface area contributed by atoms with Crippen LogP contribution in [0, 0.1) is 17.0 Å². The van der Waals surface area contributed by atoms with E-state index in [1.54, 1.807) is 30.0 Å². The van der Waals surface area contributed by atoms with Gasteiger partial charge in [0.2, 0.25) is 11.8 Å². The lowest BCUT2D eigenvalue weighted by Crippen LogP contribution is -2.56. The molecule has 1 aliphatic rings. The van der Waals surface area contributed by atoms with E-state index in [1.807, 2.05) is 51.1 Å². The number of nitrogens with one attached hydrogen (secondary N) is 1. The molecule has 2 aromatic rings. The SMILES string of the molecule is CN(C)CC(=O)N[C@H](C(=O)N1CC(c2cc(F)ccc2F)=C[C@H]1c1ccccc1)C(C)(C)C. The van der Waals surface area contributed by atoms with Crippen molar-refractivity contribution in [1.82, 2.24) is 15.1 Å². The van der Waals surface area contributed by atoms with Gasteiger partial charge >= 0.3 is 0 Å². The Morgan fingerprint density at radius 3 is 2.39 bits per heavy atom. The van der Waals surface area contributed by atoms with Crippen molar-refractivity contribution in [3.63, 3.8) is 0 Å². The van der Waals surface area contributed by atoms with Crippen LogP contribution in [0.4, 0.5) is 8.78 Å². The van der Waals surface area contributed by atoms with E-state index in [9.17, 15) is 18.4 Å². The normalized spacial score (nSPS) is 17.2. The molecule has 3 rings (SSSR count). The first kappa shape index (κ1) is 24.6. The average molecular weight is 456 g/mol. The quantitative estimate of drug-likeness (QED) is 0.716. The molecule has 0 saturated heterocycles. The molecule has 7 heteroatoms. The van der Waals surface area contributed by atoms with Crippen LogP contribution in [0.2, 0.25) is 0 Å². The lowest BCUT2D eigenvalue weighted by Gasteiger charge is -2.36. The standard InChI is InChI=1S/C26H31F2N3O2/c1-26(2,3)24(29-23(32)16-30(4)5)25(33)31-15-18(20-14-19(27)11-12-21(20)28)13-22(31)17-9-7-6-8-10-17/h6-14,22,24H,15-16H2,1-5H3,(H,29,32)/t22-,24+/m0/s1. The Morgan fingerprint density at radius 1 is 1.12 bits per heavy atom. The van der Waals surface area contributed by atoms with Gasteiger partial charge in [0.05, 0.1) is 12.6 Å². The molecule has 0 saturated carbocycles. The lowest BCUT2D eigenvalue weighted by atomic mass is 9.85. The molecular weight excluding hydrogens is 424 g/mol. The molecule has 0 fully saturated rings. The van der Waals surface area contributed by atoms with Crippen LogP contribution in [-0.4, -0.2) is 54.8 Å². The van der Waals surface area contributed by atoms with E-state index in [0.29, 0.717) is 5.57 Å². The molecule has 0 aliphatic carbocycles. The number of carbonyl (C=O) groups excluding carboxylic acids is 2. The lowest BCUT2D eigenvalue weighted by molar-refractivity contribution is -0.140. The minimum absolute atomic E-state index is 0.106. The van der Waals surface area contributed by atoms with Gasteiger partial charge in [0.25, 0.3) is 0 Å². The largest absolute Gasteiger partial charge is 0.343 e. The zero-order chi connectivity index (χ0) is 24.3. The predicted molar refractivity (Wildman–Crippen MR) is 125 cm³/mol. The van der Waals surface area contributed by atoms with Crippen LogP contribution >= 0.6 is 0 Å². The Balaban J connectivity index is 1.99. The molecule has 33 heavy (non-hydrogen) atoms. The highest BCUT2D eigenvalue weighted by Gasteiger charge is 2.40. The van der Waals surface area contributed by atoms with E-state index >= 15 is 0 Å². The number of hydrogen-bond donors (Lipinski definition) is 1. The minimum atomic E-state index is -0.790. The third-order valence-corrected chi connectivity index (χ3v) is 5.61. The van der Waals surface area contributed by atoms with Crippen molar-refractivity contribution in [2.75, 3.05) is 27.2 Å². The van der Waals surface area contributed by atoms with Crippen LogP contribution in [0.5, 0.6) is 0 Å². The van der Waals surface area contributed by atoms with E-state index in [1.165, 1.54) is 0 Å². The molecule has 2 amide bonds. The molecule has 176 valence electrons. The zero-order valence-corrected chi connectivity index (χ0v) is 19.7. The molecule has 2 aromatic carbocycles. The van der Waals surface area contributed by atoms with E-state index in [-0.39, 0.29) is 30.5 Å². The highest BCUT2D eigenvalue weighted by molar-refractivity contribution is 5.91. The summed E-state index contributed by atoms with van der Waals surface area (Å²) in [4.78, 5) is 29.7. The molecule has 1 aliphatic heterocycles. The summed E-state index contributed by atoms with van der Waals surface area (Å²) in [6, 6.07) is 11.5. The van der Waals surface area contributed by atoms with Gasteiger partial charge in [-0.25, -0.2) is 8.78 Å². The first-order valence-corrected chi connectivity index (χ1v) is 10.9. The van der Waals surface area contributed by atoms with Crippen LogP contribution in [0.1, 0.15) is 37.9 Å². The van der Waals surface area contributed by atoms with Gasteiger partial charge in [-0.1, -0.05) is 57.2 Å². The van der Waals surface area contributed by atoms with Crippen LogP contribution in [0.15, 0.2) is 54.6 Å². The predicted octanol–water partition coefficient (Wildman–Crippen LogP) is 4.02. The highest BCUT2D eigenvalue weighted by atomic mass is 19.1. The molecule has 0 spiro atoms. The van der Waals surface area contributed by atoms with Crippen molar-refractivity contribution in [2.24, 2.45) is 5.41 Å². The number of carbonyl (C=O) groups is 2. The summed E-state index contributed by atoms with van der Waals surface area (Å²) < 4.78 is 28.4. The summed E-state index contributed by atoms with van der Waals surface area (Å²) in [5.41, 5.74) is 0.953. The van der Waals surface area contributed by atoms with Gasteiger partial charge in [0, 0.05) is 12.1 Å². The Bertz CT molecular complexity index is 1050. The van der Waals surface area contributed by atoms with E-state index in [2.05, 4.69) is 5.32 Å². The first-order valence-electron chi connectivity index (χ1n) is 10.9. The average Bonchev–Trinajstić information content (AvgIpc) is 3.18. The van der Waals surface area contributed by atoms with Crippen LogP contribution in [0.3, 0.4) is 0 Å². The number of benzene rings is 2. The van der Waals surface area contributed by atoms with Gasteiger partial charge in [-0.05, 0) is 48.8 Å². The maximum atomic E-state index is 14.5. The number of amides is 2. The van der Waals surface area contributed by atoms with Gasteiger partial charge in [-0.3, -0.25) is 9.59 Å². The topological polar surface area (TPSA) is 52.7 Å². The minimum Gasteiger partial charge on any atom is -0.343 e. The summed E-state index contributed by atoms with van der Waals surface area (Å²) in [7, 11) is 3.56. The second-order valence-electron chi connectivity index (χ2n) is 9.74. The van der Waals surface area contributed by atoms with E-state index in [4.69, 9.17) is 0 Å². The molecule has 2 atom stereocenters. The monoisotopic (exact) mass is 455 g/mol. The van der Waals surface area contributed by atoms with Crippen molar-refractivity contribution < 1.29 is 18.4 Å². The summed E-state index contributed by atoms with van der Waals surface area (Å²) >= 11 is 0. The zero-order valence-electron chi connectivity index (χ0n) is 19.7. The fraction of sp³-hybridized carbons (Fsp3) is 0.385. The number of likely N-dealkylation sites (N-methyl/N-ethyl adjacent to an activating group) is 1. The maximum Gasteiger partial charge on any atom is 0.246 e. The molecule has 5 nitrogen and oxygen atoms in total. The number of halogens is 2. The Kier molecular flexibility index (Phi) is 7.32. The van der Waals surface area contributed by atoms with E-state index < -0.39 is 29.1 Å². The summed E-state index contributed by atoms with van der Waals surface area (Å²) in [5.74, 6) is -1.62. The molecule has 0 aromatic heterocycles. The van der Waals surface area contributed by atoms with Gasteiger partial charge in [-0.15, -0.1) is 0 Å². The van der Waals surface area contributed by atoms with Gasteiger partial charge in [-0.2, -0.15) is 0 Å². The maximum absolute atomic E-state index is 14.5. The van der Waals surface area contributed by atoms with Gasteiger partial charge in [0.1, 0.15) is 17.7 Å². The fourth-order valence-corrected chi connectivity index (χ4v) is 3.98. The second kappa shape index (κ2) is 9.83. The first-order chi connectivity index (χ1) is 15.5. The van der Waals surface area contributed by atoms with Gasteiger partial charge in [0.15, 0.2) is 0 Å². The summed E-state index contributed by atoms with van der Waals surface area (Å²) in [6.45, 7) is 5.92. The fourth-order valence-electron chi connectivity index (χ4n) is 3.98. The third kappa shape index (κ3) is 5.85. The Labute approximate surface area is 194 Å². The van der Waals surface area contributed by atoms with E-state index in [0.717, 1.165) is 23.8 Å². The second-order valence-corrected chi connectivity index (χ2v) is 9.74. The third-order valence-electron chi connectivity index (χ3n) is 5.61. The van der Waals surface area contributed by atoms with Crippen molar-refractivity contribution in [3.05, 3.63) is 77.4 Å². The number of rotatable bonds is 6. The van der Waals surface area contributed by atoms with Crippen LogP contribution < -0.4 is 5.32 Å².